The highest BCUT2D eigenvalue weighted by Crippen LogP contribution is 2.12. The van der Waals surface area contributed by atoms with E-state index in [9.17, 15) is 13.2 Å². The molecule has 2 N–H and O–H groups in total. The van der Waals surface area contributed by atoms with Crippen molar-refractivity contribution in [2.45, 2.75) is 0 Å². The number of benzene rings is 1. The molecule has 2 aromatic rings. The molecule has 0 aliphatic heterocycles. The average Bonchev–Trinajstić information content (AvgIpc) is 2.74. The van der Waals surface area contributed by atoms with Gasteiger partial charge in [0.2, 0.25) is 10.0 Å². The summed E-state index contributed by atoms with van der Waals surface area (Å²) in [5.74, 6) is 0.285. The second-order valence-corrected chi connectivity index (χ2v) is 5.99. The van der Waals surface area contributed by atoms with Gasteiger partial charge in [-0.05, 0) is 24.3 Å². The minimum absolute atomic E-state index is 0.292. The van der Waals surface area contributed by atoms with Gasteiger partial charge in [-0.25, -0.2) is 8.42 Å². The summed E-state index contributed by atoms with van der Waals surface area (Å²) in [7, 11) is -1.60. The van der Waals surface area contributed by atoms with Gasteiger partial charge in [0.15, 0.2) is 0 Å². The quantitative estimate of drug-likeness (QED) is 0.881. The molecule has 0 fully saturated rings. The Hall–Kier alpha value is -2.35. The molecule has 0 saturated carbocycles. The molecule has 8 heteroatoms. The van der Waals surface area contributed by atoms with E-state index in [1.807, 2.05) is 0 Å². The normalized spacial score (nSPS) is 11.1. The number of nitrogens with one attached hydrogen (secondary N) is 2. The summed E-state index contributed by atoms with van der Waals surface area (Å²) in [6.07, 6.45) is 2.64. The first kappa shape index (κ1) is 14.1. The molecule has 1 heterocycles. The van der Waals surface area contributed by atoms with Gasteiger partial charge in [-0.1, -0.05) is 0 Å². The molecule has 0 aliphatic rings. The van der Waals surface area contributed by atoms with Gasteiger partial charge in [0.1, 0.15) is 5.82 Å². The summed E-state index contributed by atoms with van der Waals surface area (Å²) in [5.41, 5.74) is 0.829. The van der Waals surface area contributed by atoms with Crippen molar-refractivity contribution < 1.29 is 13.2 Å². The van der Waals surface area contributed by atoms with Crippen LogP contribution in [0.4, 0.5) is 11.5 Å². The summed E-state index contributed by atoms with van der Waals surface area (Å²) in [4.78, 5) is 12.0. The molecule has 20 heavy (non-hydrogen) atoms. The molecule has 1 aromatic heterocycles. The fraction of sp³-hybridized carbons (Fsp3) is 0.167. The smallest absolute Gasteiger partial charge is 0.256 e. The van der Waals surface area contributed by atoms with Crippen LogP contribution in [0.5, 0.6) is 0 Å². The number of hydrogen-bond donors (Lipinski definition) is 2. The predicted octanol–water partition coefficient (Wildman–Crippen LogP) is 1.04. The van der Waals surface area contributed by atoms with E-state index in [0.717, 1.165) is 6.26 Å². The molecular formula is C12H14N4O3S. The lowest BCUT2D eigenvalue weighted by molar-refractivity contribution is 0.102. The van der Waals surface area contributed by atoms with Crippen LogP contribution in [0.25, 0.3) is 0 Å². The van der Waals surface area contributed by atoms with Crippen LogP contribution in [-0.2, 0) is 17.1 Å². The molecule has 0 unspecified atom stereocenters. The van der Waals surface area contributed by atoms with Crippen molar-refractivity contribution in [1.29, 1.82) is 0 Å². The maximum Gasteiger partial charge on any atom is 0.256 e. The van der Waals surface area contributed by atoms with Gasteiger partial charge in [-0.3, -0.25) is 14.2 Å². The molecule has 0 atom stereocenters. The van der Waals surface area contributed by atoms with Gasteiger partial charge < -0.3 is 5.32 Å². The molecule has 0 radical (unpaired) electrons. The topological polar surface area (TPSA) is 93.1 Å². The van der Waals surface area contributed by atoms with Gasteiger partial charge in [-0.15, -0.1) is 0 Å². The third kappa shape index (κ3) is 3.58. The van der Waals surface area contributed by atoms with Crippen molar-refractivity contribution in [3.63, 3.8) is 0 Å². The number of amides is 1. The predicted molar refractivity (Wildman–Crippen MR) is 76.1 cm³/mol. The van der Waals surface area contributed by atoms with Crippen LogP contribution in [-0.4, -0.2) is 30.4 Å². The Morgan fingerprint density at radius 1 is 1.20 bits per heavy atom. The van der Waals surface area contributed by atoms with Crippen LogP contribution >= 0.6 is 0 Å². The van der Waals surface area contributed by atoms with E-state index in [2.05, 4.69) is 15.1 Å². The molecule has 2 rings (SSSR count). The van der Waals surface area contributed by atoms with E-state index in [1.54, 1.807) is 31.4 Å². The third-order valence-electron chi connectivity index (χ3n) is 2.51. The molecule has 106 valence electrons. The van der Waals surface area contributed by atoms with E-state index in [1.165, 1.54) is 16.8 Å². The average molecular weight is 294 g/mol. The lowest BCUT2D eigenvalue weighted by Gasteiger charge is -2.07. The number of hydrogen-bond acceptors (Lipinski definition) is 4. The van der Waals surface area contributed by atoms with Gasteiger partial charge in [0.05, 0.1) is 12.5 Å². The zero-order chi connectivity index (χ0) is 14.8. The van der Waals surface area contributed by atoms with E-state index < -0.39 is 10.0 Å². The van der Waals surface area contributed by atoms with Gasteiger partial charge in [-0.2, -0.15) is 5.10 Å². The van der Waals surface area contributed by atoms with Crippen LogP contribution < -0.4 is 10.0 Å². The van der Waals surface area contributed by atoms with Crippen LogP contribution in [0.3, 0.4) is 0 Å². The molecule has 7 nitrogen and oxygen atoms in total. The molecule has 0 saturated heterocycles. The van der Waals surface area contributed by atoms with Crippen molar-refractivity contribution in [2.75, 3.05) is 16.3 Å². The first-order valence-electron chi connectivity index (χ1n) is 5.72. The summed E-state index contributed by atoms with van der Waals surface area (Å²) >= 11 is 0. The zero-order valence-corrected chi connectivity index (χ0v) is 11.8. The van der Waals surface area contributed by atoms with Crippen LogP contribution in [0.1, 0.15) is 10.4 Å². The molecule has 0 spiro atoms. The number of anilines is 2. The van der Waals surface area contributed by atoms with Crippen molar-refractivity contribution in [3.05, 3.63) is 42.1 Å². The number of nitrogens with zero attached hydrogens (tertiary/aromatic N) is 2. The van der Waals surface area contributed by atoms with Crippen molar-refractivity contribution >= 4 is 27.4 Å². The monoisotopic (exact) mass is 294 g/mol. The molecule has 0 bridgehead atoms. The number of aromatic nitrogens is 2. The summed E-state index contributed by atoms with van der Waals surface area (Å²) < 4.78 is 26.0. The van der Waals surface area contributed by atoms with Gasteiger partial charge in [0, 0.05) is 24.4 Å². The number of rotatable bonds is 4. The van der Waals surface area contributed by atoms with E-state index in [0.29, 0.717) is 17.1 Å². The van der Waals surface area contributed by atoms with Gasteiger partial charge in [0.25, 0.3) is 5.91 Å². The molecule has 1 amide bonds. The zero-order valence-electron chi connectivity index (χ0n) is 11.0. The number of carbonyl (C=O) groups is 1. The second kappa shape index (κ2) is 5.33. The highest BCUT2D eigenvalue weighted by atomic mass is 32.2. The Morgan fingerprint density at radius 3 is 2.35 bits per heavy atom. The third-order valence-corrected chi connectivity index (χ3v) is 3.12. The fourth-order valence-corrected chi connectivity index (χ4v) is 2.15. The summed E-state index contributed by atoms with van der Waals surface area (Å²) in [6, 6.07) is 7.81. The Kier molecular flexibility index (Phi) is 3.75. The Morgan fingerprint density at radius 2 is 1.85 bits per heavy atom. The van der Waals surface area contributed by atoms with Gasteiger partial charge >= 0.3 is 0 Å². The van der Waals surface area contributed by atoms with E-state index in [-0.39, 0.29) is 5.91 Å². The largest absolute Gasteiger partial charge is 0.307 e. The Balaban J connectivity index is 2.10. The van der Waals surface area contributed by atoms with Crippen molar-refractivity contribution in [3.8, 4) is 0 Å². The standard InChI is InChI=1S/C12H14N4O3S/c1-16-11(7-8-13-16)14-12(17)9-3-5-10(6-4-9)15-20(2,18)19/h3-8,15H,1-2H3,(H,14,17). The number of aryl methyl sites for hydroxylation is 1. The molecular weight excluding hydrogens is 280 g/mol. The minimum atomic E-state index is -3.32. The highest BCUT2D eigenvalue weighted by molar-refractivity contribution is 7.92. The molecule has 1 aromatic carbocycles. The van der Waals surface area contributed by atoms with E-state index in [4.69, 9.17) is 0 Å². The second-order valence-electron chi connectivity index (χ2n) is 4.25. The highest BCUT2D eigenvalue weighted by Gasteiger charge is 2.09. The van der Waals surface area contributed by atoms with E-state index >= 15 is 0 Å². The Bertz CT molecular complexity index is 719. The summed E-state index contributed by atoms with van der Waals surface area (Å²) in [6.45, 7) is 0. The first-order valence-corrected chi connectivity index (χ1v) is 7.61. The van der Waals surface area contributed by atoms with Crippen LogP contribution in [0.2, 0.25) is 0 Å². The lowest BCUT2D eigenvalue weighted by Crippen LogP contribution is -2.15. The first-order chi connectivity index (χ1) is 9.35. The summed E-state index contributed by atoms with van der Waals surface area (Å²) in [5, 5.41) is 6.64. The number of sulfonamides is 1. The maximum absolute atomic E-state index is 12.0. The van der Waals surface area contributed by atoms with Crippen LogP contribution in [0.15, 0.2) is 36.5 Å². The Labute approximate surface area is 116 Å². The molecule has 0 aliphatic carbocycles. The van der Waals surface area contributed by atoms with Crippen molar-refractivity contribution in [2.24, 2.45) is 7.05 Å². The van der Waals surface area contributed by atoms with Crippen LogP contribution in [0, 0.1) is 0 Å². The fourth-order valence-electron chi connectivity index (χ4n) is 1.59. The minimum Gasteiger partial charge on any atom is -0.307 e. The SMILES string of the molecule is Cn1nccc1NC(=O)c1ccc(NS(C)(=O)=O)cc1. The maximum atomic E-state index is 12.0. The lowest BCUT2D eigenvalue weighted by atomic mass is 10.2. The van der Waals surface area contributed by atoms with Crippen molar-refractivity contribution in [1.82, 2.24) is 9.78 Å². The number of carbonyl (C=O) groups excluding carboxylic acids is 1.